The molecule has 0 saturated carbocycles. The maximum Gasteiger partial charge on any atom is 0.160 e. The zero-order valence-corrected chi connectivity index (χ0v) is 31.4. The number of benzene rings is 7. The van der Waals surface area contributed by atoms with Crippen LogP contribution in [0.5, 0.6) is 0 Å². The average molecular weight is 706 g/mol. The van der Waals surface area contributed by atoms with E-state index in [1.165, 1.54) is 66.3 Å². The van der Waals surface area contributed by atoms with E-state index in [4.69, 9.17) is 9.97 Å². The van der Waals surface area contributed by atoms with Crippen LogP contribution in [0.25, 0.3) is 83.6 Å². The monoisotopic (exact) mass is 705 g/mol. The molecule has 0 unspecified atom stereocenters. The van der Waals surface area contributed by atoms with Gasteiger partial charge in [-0.2, -0.15) is 0 Å². The molecule has 7 aromatic carbocycles. The van der Waals surface area contributed by atoms with E-state index in [2.05, 4.69) is 196 Å². The highest BCUT2D eigenvalue weighted by atomic mass is 15.0. The summed E-state index contributed by atoms with van der Waals surface area (Å²) in [5, 5.41) is 2.51. The first kappa shape index (κ1) is 31.9. The van der Waals surface area contributed by atoms with Crippen LogP contribution in [0, 0.1) is 0 Å². The number of hydrogen-bond acceptors (Lipinski definition) is 2. The summed E-state index contributed by atoms with van der Waals surface area (Å²) in [6.07, 6.45) is 0. The van der Waals surface area contributed by atoms with Gasteiger partial charge in [-0.3, -0.25) is 0 Å². The number of hydrogen-bond donors (Lipinski definition) is 0. The molecule has 2 heterocycles. The Bertz CT molecular complexity index is 2850. The minimum atomic E-state index is -0.107. The highest BCUT2D eigenvalue weighted by Crippen LogP contribution is 2.51. The minimum Gasteiger partial charge on any atom is -0.309 e. The van der Waals surface area contributed by atoms with E-state index in [1.807, 2.05) is 0 Å². The smallest absolute Gasteiger partial charge is 0.160 e. The second-order valence-electron chi connectivity index (χ2n) is 16.2. The maximum absolute atomic E-state index is 5.33. The van der Waals surface area contributed by atoms with Crippen molar-refractivity contribution in [2.45, 2.75) is 38.5 Å². The summed E-state index contributed by atoms with van der Waals surface area (Å²) in [6, 6.07) is 59.6. The second-order valence-corrected chi connectivity index (χ2v) is 16.2. The number of para-hydroxylation sites is 2. The summed E-state index contributed by atoms with van der Waals surface area (Å²) < 4.78 is 2.35. The largest absolute Gasteiger partial charge is 0.309 e. The second kappa shape index (κ2) is 11.5. The lowest BCUT2D eigenvalue weighted by Crippen LogP contribution is -2.15. The summed E-state index contributed by atoms with van der Waals surface area (Å²) in [5.74, 6) is 0.715. The molecule has 55 heavy (non-hydrogen) atoms. The Hall–Kier alpha value is -6.58. The van der Waals surface area contributed by atoms with Crippen LogP contribution in [0.1, 0.15) is 49.9 Å². The predicted molar refractivity (Wildman–Crippen MR) is 228 cm³/mol. The number of aromatic nitrogens is 3. The molecule has 0 fully saturated rings. The Kier molecular flexibility index (Phi) is 6.65. The summed E-state index contributed by atoms with van der Waals surface area (Å²) in [6.45, 7) is 9.34. The molecule has 2 aliphatic carbocycles. The van der Waals surface area contributed by atoms with E-state index in [0.717, 1.165) is 33.8 Å². The zero-order chi connectivity index (χ0) is 37.1. The lowest BCUT2D eigenvalue weighted by Gasteiger charge is -2.22. The Morgan fingerprint density at radius 1 is 0.382 bits per heavy atom. The van der Waals surface area contributed by atoms with Gasteiger partial charge in [-0.15, -0.1) is 0 Å². The van der Waals surface area contributed by atoms with Gasteiger partial charge in [0.2, 0.25) is 0 Å². The highest BCUT2D eigenvalue weighted by molar-refractivity contribution is 6.09. The molecule has 262 valence electrons. The number of rotatable bonds is 4. The van der Waals surface area contributed by atoms with Crippen LogP contribution in [-0.4, -0.2) is 14.5 Å². The molecule has 3 heteroatoms. The van der Waals surface area contributed by atoms with Crippen molar-refractivity contribution in [1.82, 2.24) is 14.5 Å². The fourth-order valence-corrected chi connectivity index (χ4v) is 9.56. The van der Waals surface area contributed by atoms with Gasteiger partial charge in [0, 0.05) is 44.0 Å². The number of fused-ring (bicyclic) bond motifs is 9. The van der Waals surface area contributed by atoms with Gasteiger partial charge in [0.05, 0.1) is 22.4 Å². The summed E-state index contributed by atoms with van der Waals surface area (Å²) in [4.78, 5) is 10.7. The van der Waals surface area contributed by atoms with Crippen LogP contribution in [0.4, 0.5) is 0 Å². The van der Waals surface area contributed by atoms with Crippen molar-refractivity contribution in [3.05, 3.63) is 186 Å². The molecular weight excluding hydrogens is 667 g/mol. The van der Waals surface area contributed by atoms with E-state index < -0.39 is 0 Å². The van der Waals surface area contributed by atoms with Gasteiger partial charge in [0.25, 0.3) is 0 Å². The summed E-state index contributed by atoms with van der Waals surface area (Å²) >= 11 is 0. The van der Waals surface area contributed by atoms with Gasteiger partial charge in [-0.05, 0) is 99.1 Å². The molecule has 0 bridgehead atoms. The Morgan fingerprint density at radius 3 is 1.31 bits per heavy atom. The fourth-order valence-electron chi connectivity index (χ4n) is 9.56. The molecule has 11 rings (SSSR count). The summed E-state index contributed by atoms with van der Waals surface area (Å²) in [7, 11) is 0. The van der Waals surface area contributed by atoms with Gasteiger partial charge in [0.1, 0.15) is 0 Å². The topological polar surface area (TPSA) is 30.7 Å². The molecular formula is C52H39N3. The van der Waals surface area contributed by atoms with Gasteiger partial charge < -0.3 is 4.57 Å². The predicted octanol–water partition coefficient (Wildman–Crippen LogP) is 13.2. The SMILES string of the molecule is CC1(C)c2ccccc2-c2ccc(-c3cc(-c4ccc5c(c4)C(C)(C)c4ccccc4-5)nc(-c4ccc(-n5c6ccccc6c6ccccc65)cc4)n3)cc21. The molecule has 2 aliphatic rings. The van der Waals surface area contributed by atoms with Gasteiger partial charge in [0.15, 0.2) is 5.82 Å². The van der Waals surface area contributed by atoms with E-state index in [9.17, 15) is 0 Å². The first-order valence-electron chi connectivity index (χ1n) is 19.2. The molecule has 0 radical (unpaired) electrons. The Balaban J connectivity index is 1.07. The quantitative estimate of drug-likeness (QED) is 0.182. The molecule has 0 N–H and O–H groups in total. The van der Waals surface area contributed by atoms with Crippen molar-refractivity contribution < 1.29 is 0 Å². The van der Waals surface area contributed by atoms with E-state index in [-0.39, 0.29) is 10.8 Å². The highest BCUT2D eigenvalue weighted by Gasteiger charge is 2.36. The number of nitrogens with zero attached hydrogens (tertiary/aromatic N) is 3. The molecule has 0 spiro atoms. The molecule has 0 atom stereocenters. The van der Waals surface area contributed by atoms with E-state index >= 15 is 0 Å². The lowest BCUT2D eigenvalue weighted by atomic mass is 9.81. The average Bonchev–Trinajstić information content (AvgIpc) is 3.77. The van der Waals surface area contributed by atoms with Crippen LogP contribution in [0.2, 0.25) is 0 Å². The van der Waals surface area contributed by atoms with Crippen LogP contribution in [-0.2, 0) is 10.8 Å². The standard InChI is InChI=1S/C52H39N3/c1-51(2)42-17-9-5-13-36(42)38-27-23-33(29-44(38)51)46-31-47(34-24-28-39-37-14-6-10-18-43(37)52(3,4)45(39)30-34)54-50(53-46)32-21-25-35(26-22-32)55-48-19-11-7-15-40(48)41-16-8-12-20-49(41)55/h5-31H,1-4H3. The van der Waals surface area contributed by atoms with Crippen LogP contribution >= 0.6 is 0 Å². The molecule has 9 aromatic rings. The zero-order valence-electron chi connectivity index (χ0n) is 31.4. The Labute approximate surface area is 321 Å². The molecule has 2 aromatic heterocycles. The van der Waals surface area contributed by atoms with Gasteiger partial charge >= 0.3 is 0 Å². The molecule has 0 aliphatic heterocycles. The van der Waals surface area contributed by atoms with E-state index in [0.29, 0.717) is 5.82 Å². The van der Waals surface area contributed by atoms with E-state index in [1.54, 1.807) is 0 Å². The normalized spacial score (nSPS) is 14.5. The first-order chi connectivity index (χ1) is 26.8. The van der Waals surface area contributed by atoms with Crippen molar-refractivity contribution >= 4 is 21.8 Å². The van der Waals surface area contributed by atoms with Crippen molar-refractivity contribution in [3.63, 3.8) is 0 Å². The molecule has 0 saturated heterocycles. The van der Waals surface area contributed by atoms with Crippen LogP contribution in [0.3, 0.4) is 0 Å². The minimum absolute atomic E-state index is 0.107. The van der Waals surface area contributed by atoms with Crippen molar-refractivity contribution in [2.24, 2.45) is 0 Å². The third kappa shape index (κ3) is 4.63. The maximum atomic E-state index is 5.33. The third-order valence-electron chi connectivity index (χ3n) is 12.4. The lowest BCUT2D eigenvalue weighted by molar-refractivity contribution is 0.660. The fraction of sp³-hybridized carbons (Fsp3) is 0.115. The van der Waals surface area contributed by atoms with Crippen molar-refractivity contribution in [1.29, 1.82) is 0 Å². The first-order valence-corrected chi connectivity index (χ1v) is 19.2. The van der Waals surface area contributed by atoms with Gasteiger partial charge in [-0.25, -0.2) is 9.97 Å². The summed E-state index contributed by atoms with van der Waals surface area (Å²) in [5.41, 5.74) is 19.0. The van der Waals surface area contributed by atoms with Crippen LogP contribution < -0.4 is 0 Å². The van der Waals surface area contributed by atoms with Crippen molar-refractivity contribution in [3.8, 4) is 61.8 Å². The van der Waals surface area contributed by atoms with Crippen molar-refractivity contribution in [2.75, 3.05) is 0 Å². The molecule has 3 nitrogen and oxygen atoms in total. The molecule has 0 amide bonds. The third-order valence-corrected chi connectivity index (χ3v) is 12.4. The van der Waals surface area contributed by atoms with Gasteiger partial charge in [-0.1, -0.05) is 137 Å². The van der Waals surface area contributed by atoms with Crippen LogP contribution in [0.15, 0.2) is 164 Å². The Morgan fingerprint density at radius 2 is 0.800 bits per heavy atom.